The quantitative estimate of drug-likeness (QED) is 0.738. The van der Waals surface area contributed by atoms with Gasteiger partial charge < -0.3 is 4.74 Å². The topological polar surface area (TPSA) is 9.23 Å². The van der Waals surface area contributed by atoms with Gasteiger partial charge in [0.2, 0.25) is 0 Å². The van der Waals surface area contributed by atoms with E-state index in [4.69, 9.17) is 4.74 Å². The molecule has 0 aromatic heterocycles. The molecule has 0 N–H and O–H groups in total. The fourth-order valence-electron chi connectivity index (χ4n) is 2.26. The standard InChI is InChI=1S/C14H19BrO/c15-10-13(12-6-2-1-3-7-12)11-16-14-8-4-5-9-14/h1-3,6-7,13-14H,4-5,8-11H2. The molecule has 0 radical (unpaired) electrons. The summed E-state index contributed by atoms with van der Waals surface area (Å²) in [5.74, 6) is 0.488. The Morgan fingerprint density at radius 1 is 1.19 bits per heavy atom. The molecule has 0 spiro atoms. The number of alkyl halides is 1. The molecule has 1 aliphatic rings. The number of benzene rings is 1. The van der Waals surface area contributed by atoms with Gasteiger partial charge in [-0.2, -0.15) is 0 Å². The Balaban J connectivity index is 1.85. The third-order valence-electron chi connectivity index (χ3n) is 3.29. The molecule has 0 saturated heterocycles. The highest BCUT2D eigenvalue weighted by Gasteiger charge is 2.18. The van der Waals surface area contributed by atoms with Crippen molar-refractivity contribution in [1.29, 1.82) is 0 Å². The molecule has 2 rings (SSSR count). The lowest BCUT2D eigenvalue weighted by molar-refractivity contribution is 0.0514. The summed E-state index contributed by atoms with van der Waals surface area (Å²) in [5, 5.41) is 0.976. The van der Waals surface area contributed by atoms with Gasteiger partial charge >= 0.3 is 0 Å². The van der Waals surface area contributed by atoms with Crippen molar-refractivity contribution in [3.8, 4) is 0 Å². The average Bonchev–Trinajstić information content (AvgIpc) is 2.84. The van der Waals surface area contributed by atoms with Crippen molar-refractivity contribution in [3.05, 3.63) is 35.9 Å². The molecule has 1 saturated carbocycles. The molecular weight excluding hydrogens is 264 g/mol. The monoisotopic (exact) mass is 282 g/mol. The van der Waals surface area contributed by atoms with E-state index < -0.39 is 0 Å². The van der Waals surface area contributed by atoms with Crippen LogP contribution in [0.5, 0.6) is 0 Å². The highest BCUT2D eigenvalue weighted by Crippen LogP contribution is 2.24. The van der Waals surface area contributed by atoms with E-state index in [1.165, 1.54) is 31.2 Å². The van der Waals surface area contributed by atoms with Crippen molar-refractivity contribution in [1.82, 2.24) is 0 Å². The molecule has 0 amide bonds. The van der Waals surface area contributed by atoms with Gasteiger partial charge in [0.1, 0.15) is 0 Å². The highest BCUT2D eigenvalue weighted by atomic mass is 79.9. The molecule has 0 heterocycles. The second-order valence-electron chi connectivity index (χ2n) is 4.50. The van der Waals surface area contributed by atoms with E-state index >= 15 is 0 Å². The Morgan fingerprint density at radius 3 is 2.50 bits per heavy atom. The summed E-state index contributed by atoms with van der Waals surface area (Å²) in [7, 11) is 0. The predicted molar refractivity (Wildman–Crippen MR) is 71.2 cm³/mol. The largest absolute Gasteiger partial charge is 0.378 e. The molecule has 1 nitrogen and oxygen atoms in total. The van der Waals surface area contributed by atoms with Gasteiger partial charge in [-0.1, -0.05) is 59.1 Å². The van der Waals surface area contributed by atoms with Crippen LogP contribution in [-0.2, 0) is 4.74 Å². The summed E-state index contributed by atoms with van der Waals surface area (Å²) >= 11 is 3.58. The number of hydrogen-bond donors (Lipinski definition) is 0. The number of halogens is 1. The average molecular weight is 283 g/mol. The minimum Gasteiger partial charge on any atom is -0.378 e. The third-order valence-corrected chi connectivity index (χ3v) is 4.07. The fraction of sp³-hybridized carbons (Fsp3) is 0.571. The Labute approximate surface area is 106 Å². The summed E-state index contributed by atoms with van der Waals surface area (Å²) in [6.07, 6.45) is 5.71. The maximum atomic E-state index is 5.98. The van der Waals surface area contributed by atoms with Crippen molar-refractivity contribution in [2.45, 2.75) is 37.7 Å². The Bertz CT molecular complexity index is 293. The van der Waals surface area contributed by atoms with Crippen LogP contribution >= 0.6 is 15.9 Å². The summed E-state index contributed by atoms with van der Waals surface area (Å²) in [6.45, 7) is 0.847. The van der Waals surface area contributed by atoms with E-state index in [0.717, 1.165) is 11.9 Å². The van der Waals surface area contributed by atoms with Gasteiger partial charge in [0, 0.05) is 11.2 Å². The summed E-state index contributed by atoms with van der Waals surface area (Å²) in [6, 6.07) is 10.6. The lowest BCUT2D eigenvalue weighted by Crippen LogP contribution is -2.15. The van der Waals surface area contributed by atoms with Crippen LogP contribution in [0.4, 0.5) is 0 Å². The van der Waals surface area contributed by atoms with Crippen molar-refractivity contribution in [2.24, 2.45) is 0 Å². The molecule has 2 heteroatoms. The second-order valence-corrected chi connectivity index (χ2v) is 5.15. The zero-order valence-corrected chi connectivity index (χ0v) is 11.2. The SMILES string of the molecule is BrCC(COC1CCCC1)c1ccccc1. The summed E-state index contributed by atoms with van der Waals surface area (Å²) < 4.78 is 5.98. The Kier molecular flexibility index (Phi) is 4.86. The first-order valence-electron chi connectivity index (χ1n) is 6.12. The van der Waals surface area contributed by atoms with E-state index in [1.54, 1.807) is 0 Å². The van der Waals surface area contributed by atoms with Crippen LogP contribution < -0.4 is 0 Å². The Morgan fingerprint density at radius 2 is 1.88 bits per heavy atom. The molecule has 88 valence electrons. The van der Waals surface area contributed by atoms with Crippen molar-refractivity contribution < 1.29 is 4.74 Å². The van der Waals surface area contributed by atoms with Crippen molar-refractivity contribution >= 4 is 15.9 Å². The van der Waals surface area contributed by atoms with Gasteiger partial charge in [-0.05, 0) is 18.4 Å². The molecule has 1 unspecified atom stereocenters. The molecule has 1 aromatic rings. The molecule has 0 aliphatic heterocycles. The zero-order chi connectivity index (χ0) is 11.2. The van der Waals surface area contributed by atoms with Crippen molar-refractivity contribution in [3.63, 3.8) is 0 Å². The van der Waals surface area contributed by atoms with Crippen LogP contribution in [0.25, 0.3) is 0 Å². The lowest BCUT2D eigenvalue weighted by atomic mass is 10.0. The Hall–Kier alpha value is -0.340. The van der Waals surface area contributed by atoms with Crippen molar-refractivity contribution in [2.75, 3.05) is 11.9 Å². The molecule has 1 atom stereocenters. The first-order valence-corrected chi connectivity index (χ1v) is 7.25. The third kappa shape index (κ3) is 3.33. The van der Waals surface area contributed by atoms with Gasteiger partial charge in [0.15, 0.2) is 0 Å². The predicted octanol–water partition coefficient (Wildman–Crippen LogP) is 4.12. The summed E-state index contributed by atoms with van der Waals surface area (Å²) in [4.78, 5) is 0. The molecule has 0 bridgehead atoms. The van der Waals surface area contributed by atoms with Crippen LogP contribution in [0.15, 0.2) is 30.3 Å². The number of hydrogen-bond acceptors (Lipinski definition) is 1. The maximum Gasteiger partial charge on any atom is 0.0575 e. The second kappa shape index (κ2) is 6.41. The minimum absolute atomic E-state index is 0.488. The highest BCUT2D eigenvalue weighted by molar-refractivity contribution is 9.09. The van der Waals surface area contributed by atoms with Gasteiger partial charge in [0.05, 0.1) is 12.7 Å². The fourth-order valence-corrected chi connectivity index (χ4v) is 2.82. The molecular formula is C14H19BrO. The van der Waals surface area contributed by atoms with E-state index in [-0.39, 0.29) is 0 Å². The van der Waals surface area contributed by atoms with Crippen LogP contribution in [0, 0.1) is 0 Å². The number of rotatable bonds is 5. The van der Waals surface area contributed by atoms with Gasteiger partial charge in [-0.15, -0.1) is 0 Å². The zero-order valence-electron chi connectivity index (χ0n) is 9.57. The molecule has 1 fully saturated rings. The molecule has 1 aliphatic carbocycles. The van der Waals surface area contributed by atoms with Gasteiger partial charge in [-0.3, -0.25) is 0 Å². The minimum atomic E-state index is 0.488. The lowest BCUT2D eigenvalue weighted by Gasteiger charge is -2.18. The first-order chi connectivity index (χ1) is 7.90. The maximum absolute atomic E-state index is 5.98. The summed E-state index contributed by atoms with van der Waals surface area (Å²) in [5.41, 5.74) is 1.37. The van der Waals surface area contributed by atoms with Crippen LogP contribution in [-0.4, -0.2) is 18.0 Å². The van der Waals surface area contributed by atoms with E-state index in [0.29, 0.717) is 12.0 Å². The molecule has 1 aromatic carbocycles. The van der Waals surface area contributed by atoms with E-state index in [2.05, 4.69) is 46.3 Å². The first kappa shape index (κ1) is 12.1. The van der Waals surface area contributed by atoms with Crippen LogP contribution in [0.1, 0.15) is 37.2 Å². The van der Waals surface area contributed by atoms with Gasteiger partial charge in [0.25, 0.3) is 0 Å². The van der Waals surface area contributed by atoms with Gasteiger partial charge in [-0.25, -0.2) is 0 Å². The van der Waals surface area contributed by atoms with E-state index in [1.807, 2.05) is 0 Å². The normalized spacial score (nSPS) is 18.8. The van der Waals surface area contributed by atoms with Crippen LogP contribution in [0.2, 0.25) is 0 Å². The van der Waals surface area contributed by atoms with Crippen LogP contribution in [0.3, 0.4) is 0 Å². The molecule has 16 heavy (non-hydrogen) atoms. The smallest absolute Gasteiger partial charge is 0.0575 e. The van der Waals surface area contributed by atoms with E-state index in [9.17, 15) is 0 Å². The number of ether oxygens (including phenoxy) is 1.